The topological polar surface area (TPSA) is 53.3 Å². The first-order chi connectivity index (χ1) is 8.70. The van der Waals surface area contributed by atoms with E-state index in [0.717, 1.165) is 12.0 Å². The van der Waals surface area contributed by atoms with Crippen LogP contribution in [-0.2, 0) is 11.3 Å². The van der Waals surface area contributed by atoms with Crippen LogP contribution in [-0.4, -0.2) is 23.6 Å². The number of nitrogens with zero attached hydrogens (tertiary/aromatic N) is 2. The standard InChI is InChI=1S/C14H16N2O2/c1-11-7-13(8-15)9-16(11)14(17)18-10-12-5-3-2-4-6-12/h2-6,11,13H,7,9-10H2,1H3. The first-order valence-corrected chi connectivity index (χ1v) is 6.07. The summed E-state index contributed by atoms with van der Waals surface area (Å²) in [6.45, 7) is 2.70. The van der Waals surface area contributed by atoms with E-state index < -0.39 is 0 Å². The van der Waals surface area contributed by atoms with Gasteiger partial charge in [0.2, 0.25) is 0 Å². The Labute approximate surface area is 107 Å². The fourth-order valence-corrected chi connectivity index (χ4v) is 2.18. The van der Waals surface area contributed by atoms with Crippen molar-refractivity contribution in [2.45, 2.75) is 26.0 Å². The number of nitriles is 1. The number of carbonyl (C=O) groups is 1. The van der Waals surface area contributed by atoms with Crippen molar-refractivity contribution in [1.82, 2.24) is 4.90 Å². The number of hydrogen-bond donors (Lipinski definition) is 0. The van der Waals surface area contributed by atoms with Crippen molar-refractivity contribution in [2.75, 3.05) is 6.54 Å². The van der Waals surface area contributed by atoms with Crippen molar-refractivity contribution < 1.29 is 9.53 Å². The minimum Gasteiger partial charge on any atom is -0.445 e. The summed E-state index contributed by atoms with van der Waals surface area (Å²) in [7, 11) is 0. The molecule has 0 bridgehead atoms. The third-order valence-electron chi connectivity index (χ3n) is 3.20. The second kappa shape index (κ2) is 5.54. The molecule has 0 aliphatic carbocycles. The summed E-state index contributed by atoms with van der Waals surface area (Å²) >= 11 is 0. The maximum absolute atomic E-state index is 11.9. The number of carbonyl (C=O) groups excluding carboxylic acids is 1. The van der Waals surface area contributed by atoms with E-state index in [1.165, 1.54) is 0 Å². The number of rotatable bonds is 2. The molecule has 1 aliphatic heterocycles. The molecule has 1 aromatic carbocycles. The Balaban J connectivity index is 1.87. The van der Waals surface area contributed by atoms with Crippen LogP contribution >= 0.6 is 0 Å². The van der Waals surface area contributed by atoms with Gasteiger partial charge in [0.05, 0.1) is 12.0 Å². The molecule has 0 aromatic heterocycles. The molecule has 2 unspecified atom stereocenters. The van der Waals surface area contributed by atoms with E-state index >= 15 is 0 Å². The molecule has 94 valence electrons. The molecule has 2 rings (SSSR count). The SMILES string of the molecule is CC1CC(C#N)CN1C(=O)OCc1ccccc1. The maximum Gasteiger partial charge on any atom is 0.410 e. The summed E-state index contributed by atoms with van der Waals surface area (Å²) in [4.78, 5) is 13.5. The molecule has 4 heteroatoms. The molecule has 2 atom stereocenters. The highest BCUT2D eigenvalue weighted by Gasteiger charge is 2.33. The third kappa shape index (κ3) is 2.80. The molecule has 1 aliphatic rings. The van der Waals surface area contributed by atoms with Gasteiger partial charge in [-0.05, 0) is 18.9 Å². The van der Waals surface area contributed by atoms with Gasteiger partial charge >= 0.3 is 6.09 Å². The van der Waals surface area contributed by atoms with Crippen LogP contribution in [0.25, 0.3) is 0 Å². The lowest BCUT2D eigenvalue weighted by atomic mass is 10.1. The Hall–Kier alpha value is -2.02. The highest BCUT2D eigenvalue weighted by atomic mass is 16.6. The minimum absolute atomic E-state index is 0.0655. The Morgan fingerprint density at radius 3 is 2.83 bits per heavy atom. The van der Waals surface area contributed by atoms with Crippen molar-refractivity contribution in [2.24, 2.45) is 5.92 Å². The number of ether oxygens (including phenoxy) is 1. The van der Waals surface area contributed by atoms with Gasteiger partial charge in [0, 0.05) is 12.6 Å². The van der Waals surface area contributed by atoms with Crippen LogP contribution in [0.5, 0.6) is 0 Å². The monoisotopic (exact) mass is 244 g/mol. The maximum atomic E-state index is 11.9. The summed E-state index contributed by atoms with van der Waals surface area (Å²) in [6, 6.07) is 11.9. The van der Waals surface area contributed by atoms with Crippen molar-refractivity contribution in [1.29, 1.82) is 5.26 Å². The minimum atomic E-state index is -0.330. The normalized spacial score (nSPS) is 22.6. The van der Waals surface area contributed by atoms with E-state index in [9.17, 15) is 4.79 Å². The molecular formula is C14H16N2O2. The molecule has 4 nitrogen and oxygen atoms in total. The van der Waals surface area contributed by atoms with Gasteiger partial charge < -0.3 is 9.64 Å². The Morgan fingerprint density at radius 2 is 2.22 bits per heavy atom. The summed E-state index contributed by atoms with van der Waals surface area (Å²) < 4.78 is 5.25. The fraction of sp³-hybridized carbons (Fsp3) is 0.429. The highest BCUT2D eigenvalue weighted by Crippen LogP contribution is 2.23. The third-order valence-corrected chi connectivity index (χ3v) is 3.20. The van der Waals surface area contributed by atoms with Crippen LogP contribution in [0.3, 0.4) is 0 Å². The molecule has 0 N–H and O–H groups in total. The van der Waals surface area contributed by atoms with Crippen LogP contribution in [0, 0.1) is 17.2 Å². The number of benzene rings is 1. The van der Waals surface area contributed by atoms with Crippen LogP contribution in [0.15, 0.2) is 30.3 Å². The predicted octanol–water partition coefficient (Wildman–Crippen LogP) is 2.56. The summed E-state index contributed by atoms with van der Waals surface area (Å²) in [5.74, 6) is -0.0655. The van der Waals surface area contributed by atoms with Crippen molar-refractivity contribution in [3.8, 4) is 6.07 Å². The number of likely N-dealkylation sites (tertiary alicyclic amines) is 1. The van der Waals surface area contributed by atoms with Gasteiger partial charge in [0.15, 0.2) is 0 Å². The first kappa shape index (κ1) is 12.4. The fourth-order valence-electron chi connectivity index (χ4n) is 2.18. The Morgan fingerprint density at radius 1 is 1.50 bits per heavy atom. The zero-order valence-corrected chi connectivity index (χ0v) is 10.4. The van der Waals surface area contributed by atoms with Crippen LogP contribution in [0.1, 0.15) is 18.9 Å². The van der Waals surface area contributed by atoms with Crippen molar-refractivity contribution >= 4 is 6.09 Å². The summed E-state index contributed by atoms with van der Waals surface area (Å²) in [6.07, 6.45) is 0.404. The second-order valence-corrected chi connectivity index (χ2v) is 4.60. The lowest BCUT2D eigenvalue weighted by Crippen LogP contribution is -2.34. The van der Waals surface area contributed by atoms with Gasteiger partial charge in [0.1, 0.15) is 6.61 Å². The smallest absolute Gasteiger partial charge is 0.410 e. The lowest BCUT2D eigenvalue weighted by molar-refractivity contribution is 0.0940. The van der Waals surface area contributed by atoms with E-state index in [4.69, 9.17) is 10.00 Å². The number of amides is 1. The second-order valence-electron chi connectivity index (χ2n) is 4.60. The van der Waals surface area contributed by atoms with E-state index in [-0.39, 0.29) is 24.7 Å². The molecular weight excluding hydrogens is 228 g/mol. The van der Waals surface area contributed by atoms with Crippen molar-refractivity contribution in [3.05, 3.63) is 35.9 Å². The molecule has 0 spiro atoms. The van der Waals surface area contributed by atoms with E-state index in [1.54, 1.807) is 4.90 Å². The summed E-state index contributed by atoms with van der Waals surface area (Å²) in [5.41, 5.74) is 0.967. The zero-order valence-electron chi connectivity index (χ0n) is 10.4. The van der Waals surface area contributed by atoms with Gasteiger partial charge in [-0.25, -0.2) is 4.79 Å². The largest absolute Gasteiger partial charge is 0.445 e. The Kier molecular flexibility index (Phi) is 3.83. The average Bonchev–Trinajstić information content (AvgIpc) is 2.78. The molecule has 1 heterocycles. The van der Waals surface area contributed by atoms with E-state index in [0.29, 0.717) is 6.54 Å². The lowest BCUT2D eigenvalue weighted by Gasteiger charge is -2.20. The van der Waals surface area contributed by atoms with Crippen LogP contribution in [0.2, 0.25) is 0 Å². The molecule has 0 radical (unpaired) electrons. The quantitative estimate of drug-likeness (QED) is 0.803. The molecule has 1 fully saturated rings. The predicted molar refractivity (Wildman–Crippen MR) is 66.5 cm³/mol. The zero-order chi connectivity index (χ0) is 13.0. The molecule has 1 aromatic rings. The number of hydrogen-bond acceptors (Lipinski definition) is 3. The van der Waals surface area contributed by atoms with Crippen LogP contribution in [0.4, 0.5) is 4.79 Å². The van der Waals surface area contributed by atoms with Gasteiger partial charge in [-0.15, -0.1) is 0 Å². The van der Waals surface area contributed by atoms with Gasteiger partial charge in [-0.1, -0.05) is 30.3 Å². The van der Waals surface area contributed by atoms with Crippen LogP contribution < -0.4 is 0 Å². The van der Waals surface area contributed by atoms with E-state index in [1.807, 2.05) is 37.3 Å². The first-order valence-electron chi connectivity index (χ1n) is 6.07. The molecule has 18 heavy (non-hydrogen) atoms. The molecule has 1 saturated heterocycles. The van der Waals surface area contributed by atoms with Gasteiger partial charge in [-0.3, -0.25) is 0 Å². The van der Waals surface area contributed by atoms with E-state index in [2.05, 4.69) is 6.07 Å². The Bertz CT molecular complexity index is 453. The van der Waals surface area contributed by atoms with Crippen molar-refractivity contribution in [3.63, 3.8) is 0 Å². The van der Waals surface area contributed by atoms with Gasteiger partial charge in [-0.2, -0.15) is 5.26 Å². The van der Waals surface area contributed by atoms with Gasteiger partial charge in [0.25, 0.3) is 0 Å². The molecule has 0 saturated carbocycles. The highest BCUT2D eigenvalue weighted by molar-refractivity contribution is 5.68. The molecule has 1 amide bonds. The summed E-state index contributed by atoms with van der Waals surface area (Å²) in [5, 5.41) is 8.86. The average molecular weight is 244 g/mol.